The minimum absolute atomic E-state index is 0.246. The fourth-order valence-corrected chi connectivity index (χ4v) is 2.96. The van der Waals surface area contributed by atoms with Gasteiger partial charge in [0.15, 0.2) is 0 Å². The van der Waals surface area contributed by atoms with Gasteiger partial charge in [0.05, 0.1) is 11.4 Å². The highest BCUT2D eigenvalue weighted by atomic mass is 16.5. The van der Waals surface area contributed by atoms with Crippen LogP contribution in [0, 0.1) is 13.8 Å². The molecule has 7 heteroatoms. The Hall–Kier alpha value is -2.54. The largest absolute Gasteiger partial charge is 0.361 e. The molecular weight excluding hydrogens is 304 g/mol. The van der Waals surface area contributed by atoms with Crippen molar-refractivity contribution in [2.24, 2.45) is 0 Å². The van der Waals surface area contributed by atoms with Crippen LogP contribution in [0.15, 0.2) is 35.1 Å². The van der Waals surface area contributed by atoms with Crippen molar-refractivity contribution in [1.29, 1.82) is 0 Å². The topological polar surface area (TPSA) is 81.7 Å². The summed E-state index contributed by atoms with van der Waals surface area (Å²) in [6.07, 6.45) is 1.59. The molecule has 0 aliphatic rings. The van der Waals surface area contributed by atoms with Gasteiger partial charge in [0.25, 0.3) is 0 Å². The molecule has 0 unspecified atom stereocenters. The van der Waals surface area contributed by atoms with Gasteiger partial charge in [0, 0.05) is 18.2 Å². The van der Waals surface area contributed by atoms with Gasteiger partial charge < -0.3 is 9.84 Å². The van der Waals surface area contributed by atoms with Crippen molar-refractivity contribution >= 4 is 0 Å². The smallest absolute Gasteiger partial charge is 0.143 e. The van der Waals surface area contributed by atoms with E-state index in [1.54, 1.807) is 11.0 Å². The number of hydrogen-bond donors (Lipinski definition) is 1. The monoisotopic (exact) mass is 326 g/mol. The summed E-state index contributed by atoms with van der Waals surface area (Å²) in [4.78, 5) is 0. The fraction of sp³-hybridized carbons (Fsp3) is 0.412. The van der Waals surface area contributed by atoms with Crippen molar-refractivity contribution in [2.75, 3.05) is 6.54 Å². The van der Waals surface area contributed by atoms with Gasteiger partial charge in [-0.2, -0.15) is 0 Å². The molecule has 1 aromatic carbocycles. The SMILES string of the molecule is Cc1noc(C)c1[C@@H](C)CN[C@@H](C)c1ccc(-n2cnnn2)cc1. The van der Waals surface area contributed by atoms with Crippen molar-refractivity contribution in [3.8, 4) is 5.69 Å². The summed E-state index contributed by atoms with van der Waals surface area (Å²) in [6, 6.07) is 8.46. The van der Waals surface area contributed by atoms with E-state index in [-0.39, 0.29) is 6.04 Å². The van der Waals surface area contributed by atoms with Crippen LogP contribution in [0.3, 0.4) is 0 Å². The number of aryl methyl sites for hydroxylation is 2. The molecule has 2 aromatic heterocycles. The summed E-state index contributed by atoms with van der Waals surface area (Å²) < 4.78 is 6.90. The van der Waals surface area contributed by atoms with Gasteiger partial charge in [0.2, 0.25) is 0 Å². The highest BCUT2D eigenvalue weighted by Gasteiger charge is 2.17. The Kier molecular flexibility index (Phi) is 4.71. The van der Waals surface area contributed by atoms with Crippen LogP contribution in [0.2, 0.25) is 0 Å². The number of rotatable bonds is 6. The first kappa shape index (κ1) is 16.3. The standard InChI is InChI=1S/C17H22N6O/c1-11(17-13(3)20-24-14(17)4)9-18-12(2)15-5-7-16(8-6-15)23-10-19-21-22-23/h5-8,10-12,18H,9H2,1-4H3/t11-,12-/m0/s1. The van der Waals surface area contributed by atoms with Crippen LogP contribution in [0.25, 0.3) is 5.69 Å². The number of hydrogen-bond acceptors (Lipinski definition) is 6. The molecule has 0 bridgehead atoms. The molecule has 24 heavy (non-hydrogen) atoms. The minimum Gasteiger partial charge on any atom is -0.361 e. The van der Waals surface area contributed by atoms with Crippen LogP contribution >= 0.6 is 0 Å². The summed E-state index contributed by atoms with van der Waals surface area (Å²) >= 11 is 0. The number of tetrazole rings is 1. The minimum atomic E-state index is 0.246. The van der Waals surface area contributed by atoms with Crippen LogP contribution < -0.4 is 5.32 Å². The average Bonchev–Trinajstić information content (AvgIpc) is 3.23. The van der Waals surface area contributed by atoms with Crippen LogP contribution in [0.1, 0.15) is 48.4 Å². The zero-order valence-electron chi connectivity index (χ0n) is 14.4. The summed E-state index contributed by atoms with van der Waals surface area (Å²) in [7, 11) is 0. The third-order valence-corrected chi connectivity index (χ3v) is 4.32. The third-order valence-electron chi connectivity index (χ3n) is 4.32. The van der Waals surface area contributed by atoms with Crippen molar-refractivity contribution in [3.63, 3.8) is 0 Å². The zero-order valence-corrected chi connectivity index (χ0v) is 14.4. The lowest BCUT2D eigenvalue weighted by molar-refractivity contribution is 0.391. The quantitative estimate of drug-likeness (QED) is 0.750. The summed E-state index contributed by atoms with van der Waals surface area (Å²) in [5.74, 6) is 1.25. The fourth-order valence-electron chi connectivity index (χ4n) is 2.96. The Balaban J connectivity index is 1.62. The summed E-state index contributed by atoms with van der Waals surface area (Å²) in [5, 5.41) is 18.8. The molecule has 0 aliphatic carbocycles. The zero-order chi connectivity index (χ0) is 17.1. The molecule has 0 spiro atoms. The van der Waals surface area contributed by atoms with Crippen LogP contribution in [0.5, 0.6) is 0 Å². The number of benzene rings is 1. The Bertz CT molecular complexity index is 759. The van der Waals surface area contributed by atoms with E-state index in [9.17, 15) is 0 Å². The first-order valence-electron chi connectivity index (χ1n) is 8.05. The molecule has 7 nitrogen and oxygen atoms in total. The molecule has 0 radical (unpaired) electrons. The molecule has 0 saturated carbocycles. The summed E-state index contributed by atoms with van der Waals surface area (Å²) in [6.45, 7) is 9.16. The number of nitrogens with one attached hydrogen (secondary N) is 1. The van der Waals surface area contributed by atoms with E-state index in [1.807, 2.05) is 26.0 Å². The van der Waals surface area contributed by atoms with Gasteiger partial charge in [-0.1, -0.05) is 24.2 Å². The Labute approximate surface area is 141 Å². The lowest BCUT2D eigenvalue weighted by Gasteiger charge is -2.18. The molecular formula is C17H22N6O. The van der Waals surface area contributed by atoms with Gasteiger partial charge in [0.1, 0.15) is 12.1 Å². The summed E-state index contributed by atoms with van der Waals surface area (Å²) in [5.41, 5.74) is 4.34. The average molecular weight is 326 g/mol. The third kappa shape index (κ3) is 3.35. The predicted molar refractivity (Wildman–Crippen MR) is 90.0 cm³/mol. The molecule has 0 fully saturated rings. The molecule has 126 valence electrons. The predicted octanol–water partition coefficient (Wildman–Crippen LogP) is 2.72. The number of nitrogens with zero attached hydrogens (tertiary/aromatic N) is 5. The van der Waals surface area contributed by atoms with Gasteiger partial charge in [-0.15, -0.1) is 5.10 Å². The number of aromatic nitrogens is 5. The van der Waals surface area contributed by atoms with E-state index >= 15 is 0 Å². The van der Waals surface area contributed by atoms with Gasteiger partial charge in [-0.25, -0.2) is 4.68 Å². The maximum Gasteiger partial charge on any atom is 0.143 e. The van der Waals surface area contributed by atoms with Crippen LogP contribution in [-0.4, -0.2) is 31.9 Å². The van der Waals surface area contributed by atoms with Crippen molar-refractivity contribution in [1.82, 2.24) is 30.7 Å². The molecule has 0 saturated heterocycles. The molecule has 2 heterocycles. The first-order chi connectivity index (χ1) is 11.6. The van der Waals surface area contributed by atoms with Crippen LogP contribution in [-0.2, 0) is 0 Å². The second-order valence-electron chi connectivity index (χ2n) is 6.11. The van der Waals surface area contributed by atoms with E-state index < -0.39 is 0 Å². The first-order valence-corrected chi connectivity index (χ1v) is 8.05. The molecule has 3 aromatic rings. The maximum atomic E-state index is 5.26. The van der Waals surface area contributed by atoms with Gasteiger partial charge >= 0.3 is 0 Å². The highest BCUT2D eigenvalue weighted by Crippen LogP contribution is 2.23. The Morgan fingerprint density at radius 3 is 2.50 bits per heavy atom. The lowest BCUT2D eigenvalue weighted by Crippen LogP contribution is -2.24. The van der Waals surface area contributed by atoms with Crippen molar-refractivity contribution in [3.05, 3.63) is 53.2 Å². The molecule has 2 atom stereocenters. The Morgan fingerprint density at radius 1 is 1.17 bits per heavy atom. The molecule has 0 aliphatic heterocycles. The van der Waals surface area contributed by atoms with E-state index in [4.69, 9.17) is 4.52 Å². The van der Waals surface area contributed by atoms with Crippen molar-refractivity contribution in [2.45, 2.75) is 39.7 Å². The lowest BCUT2D eigenvalue weighted by atomic mass is 9.98. The maximum absolute atomic E-state index is 5.26. The van der Waals surface area contributed by atoms with Crippen LogP contribution in [0.4, 0.5) is 0 Å². The second-order valence-corrected chi connectivity index (χ2v) is 6.11. The van der Waals surface area contributed by atoms with E-state index in [0.29, 0.717) is 5.92 Å². The van der Waals surface area contributed by atoms with E-state index in [1.165, 1.54) is 11.1 Å². The molecule has 1 N–H and O–H groups in total. The normalized spacial score (nSPS) is 13.8. The second kappa shape index (κ2) is 6.92. The van der Waals surface area contributed by atoms with E-state index in [2.05, 4.69) is 52.0 Å². The van der Waals surface area contributed by atoms with Crippen molar-refractivity contribution < 1.29 is 4.52 Å². The van der Waals surface area contributed by atoms with Gasteiger partial charge in [-0.3, -0.25) is 0 Å². The highest BCUT2D eigenvalue weighted by molar-refractivity contribution is 5.34. The van der Waals surface area contributed by atoms with Gasteiger partial charge in [-0.05, 0) is 54.8 Å². The molecule has 0 amide bonds. The Morgan fingerprint density at radius 2 is 1.92 bits per heavy atom. The van der Waals surface area contributed by atoms with E-state index in [0.717, 1.165) is 23.7 Å². The molecule has 3 rings (SSSR count).